The fraction of sp³-hybridized carbons (Fsp3) is 1.00. The van der Waals surface area contributed by atoms with E-state index in [1.807, 2.05) is 0 Å². The number of fused-ring (bicyclic) bond motifs is 1. The van der Waals surface area contributed by atoms with Gasteiger partial charge in [0.05, 0.1) is 17.3 Å². The third-order valence-electron chi connectivity index (χ3n) is 3.70. The Morgan fingerprint density at radius 3 is 2.58 bits per heavy atom. The zero-order chi connectivity index (χ0) is 8.98. The Hall–Kier alpha value is -0.0800. The second kappa shape index (κ2) is 2.24. The molecule has 2 aliphatic rings. The number of hydrogen-bond donors (Lipinski definition) is 1. The molecule has 2 fully saturated rings. The second-order valence-corrected chi connectivity index (χ2v) is 4.88. The average Bonchev–Trinajstić information content (AvgIpc) is 2.60. The predicted molar refractivity (Wildman–Crippen MR) is 46.9 cm³/mol. The summed E-state index contributed by atoms with van der Waals surface area (Å²) in [6.07, 6.45) is 3.09. The molecule has 2 heteroatoms. The van der Waals surface area contributed by atoms with Crippen LogP contribution >= 0.6 is 0 Å². The van der Waals surface area contributed by atoms with Crippen molar-refractivity contribution in [1.82, 2.24) is 0 Å². The van der Waals surface area contributed by atoms with E-state index in [2.05, 4.69) is 20.8 Å². The minimum absolute atomic E-state index is 0.126. The molecule has 0 spiro atoms. The van der Waals surface area contributed by atoms with Crippen molar-refractivity contribution in [1.29, 1.82) is 0 Å². The number of epoxide rings is 1. The molecule has 0 bridgehead atoms. The van der Waals surface area contributed by atoms with Crippen LogP contribution in [0, 0.1) is 5.92 Å². The van der Waals surface area contributed by atoms with Crippen LogP contribution in [0.2, 0.25) is 0 Å². The van der Waals surface area contributed by atoms with Gasteiger partial charge in [0.25, 0.3) is 0 Å². The Labute approximate surface area is 73.9 Å². The van der Waals surface area contributed by atoms with E-state index in [9.17, 15) is 5.11 Å². The van der Waals surface area contributed by atoms with Gasteiger partial charge in [-0.3, -0.25) is 0 Å². The van der Waals surface area contributed by atoms with Crippen LogP contribution in [0.5, 0.6) is 0 Å². The largest absolute Gasteiger partial charge is 0.390 e. The van der Waals surface area contributed by atoms with Gasteiger partial charge in [0.1, 0.15) is 0 Å². The zero-order valence-corrected chi connectivity index (χ0v) is 8.13. The molecule has 70 valence electrons. The lowest BCUT2D eigenvalue weighted by molar-refractivity contribution is -0.0349. The van der Waals surface area contributed by atoms with Gasteiger partial charge >= 0.3 is 0 Å². The van der Waals surface area contributed by atoms with Crippen molar-refractivity contribution in [2.24, 2.45) is 5.92 Å². The summed E-state index contributed by atoms with van der Waals surface area (Å²) in [4.78, 5) is 0. The van der Waals surface area contributed by atoms with Crippen LogP contribution in [0.4, 0.5) is 0 Å². The Bertz CT molecular complexity index is 202. The summed E-state index contributed by atoms with van der Waals surface area (Å²) in [6, 6.07) is 0. The quantitative estimate of drug-likeness (QED) is 0.608. The molecule has 1 saturated heterocycles. The summed E-state index contributed by atoms with van der Waals surface area (Å²) in [7, 11) is 0. The van der Waals surface area contributed by atoms with E-state index in [1.54, 1.807) is 0 Å². The normalized spacial score (nSPS) is 52.2. The monoisotopic (exact) mass is 170 g/mol. The zero-order valence-electron chi connectivity index (χ0n) is 8.13. The molecular formula is C10H18O2. The van der Waals surface area contributed by atoms with Crippen LogP contribution in [-0.2, 0) is 4.74 Å². The van der Waals surface area contributed by atoms with Gasteiger partial charge in [-0.2, -0.15) is 0 Å². The molecule has 3 atom stereocenters. The molecular weight excluding hydrogens is 152 g/mol. The van der Waals surface area contributed by atoms with Gasteiger partial charge in [0.15, 0.2) is 0 Å². The minimum atomic E-state index is -0.458. The summed E-state index contributed by atoms with van der Waals surface area (Å²) in [6.45, 7) is 6.33. The summed E-state index contributed by atoms with van der Waals surface area (Å²) >= 11 is 0. The fourth-order valence-corrected chi connectivity index (χ4v) is 2.18. The summed E-state index contributed by atoms with van der Waals surface area (Å²) < 4.78 is 5.55. The van der Waals surface area contributed by atoms with Crippen molar-refractivity contribution < 1.29 is 9.84 Å². The SMILES string of the molecule is CC(C)C1(O)CC[C@@]2(C)O[C@H]2C1. The molecule has 1 heterocycles. The third kappa shape index (κ3) is 1.09. The fourth-order valence-electron chi connectivity index (χ4n) is 2.18. The highest BCUT2D eigenvalue weighted by atomic mass is 16.6. The molecule has 0 amide bonds. The van der Waals surface area contributed by atoms with E-state index in [0.29, 0.717) is 12.0 Å². The van der Waals surface area contributed by atoms with Crippen molar-refractivity contribution in [3.05, 3.63) is 0 Å². The van der Waals surface area contributed by atoms with Gasteiger partial charge in [-0.05, 0) is 25.7 Å². The van der Waals surface area contributed by atoms with Crippen LogP contribution in [0.3, 0.4) is 0 Å². The summed E-state index contributed by atoms with van der Waals surface area (Å²) in [5.74, 6) is 0.353. The summed E-state index contributed by atoms with van der Waals surface area (Å²) in [5.41, 5.74) is -0.332. The standard InChI is InChI=1S/C10H18O2/c1-7(2)10(11)5-4-9(3)8(6-10)12-9/h7-8,11H,4-6H2,1-3H3/t8-,9+,10?/m0/s1. The van der Waals surface area contributed by atoms with Gasteiger partial charge in [0.2, 0.25) is 0 Å². The molecule has 1 aliphatic heterocycles. The molecule has 0 aromatic rings. The van der Waals surface area contributed by atoms with Gasteiger partial charge in [-0.15, -0.1) is 0 Å². The van der Waals surface area contributed by atoms with E-state index in [1.165, 1.54) is 0 Å². The van der Waals surface area contributed by atoms with Crippen molar-refractivity contribution >= 4 is 0 Å². The molecule has 1 unspecified atom stereocenters. The molecule has 2 rings (SSSR count). The topological polar surface area (TPSA) is 32.8 Å². The molecule has 2 nitrogen and oxygen atoms in total. The van der Waals surface area contributed by atoms with Crippen molar-refractivity contribution in [2.45, 2.75) is 57.3 Å². The lowest BCUT2D eigenvalue weighted by Gasteiger charge is -2.35. The first-order chi connectivity index (χ1) is 5.46. The molecule has 1 aliphatic carbocycles. The Morgan fingerprint density at radius 2 is 2.08 bits per heavy atom. The first-order valence-electron chi connectivity index (χ1n) is 4.86. The number of ether oxygens (including phenoxy) is 1. The first kappa shape index (κ1) is 8.52. The van der Waals surface area contributed by atoms with Gasteiger partial charge < -0.3 is 9.84 Å². The lowest BCUT2D eigenvalue weighted by Crippen LogP contribution is -2.41. The van der Waals surface area contributed by atoms with Crippen molar-refractivity contribution in [3.63, 3.8) is 0 Å². The second-order valence-electron chi connectivity index (χ2n) is 4.88. The Morgan fingerprint density at radius 1 is 1.42 bits per heavy atom. The maximum absolute atomic E-state index is 10.2. The highest BCUT2D eigenvalue weighted by Gasteiger charge is 2.59. The number of hydrogen-bond acceptors (Lipinski definition) is 2. The third-order valence-corrected chi connectivity index (χ3v) is 3.70. The van der Waals surface area contributed by atoms with Crippen LogP contribution in [0.25, 0.3) is 0 Å². The Kier molecular flexibility index (Phi) is 1.59. The van der Waals surface area contributed by atoms with Crippen LogP contribution in [0.15, 0.2) is 0 Å². The molecule has 12 heavy (non-hydrogen) atoms. The Balaban J connectivity index is 2.05. The molecule has 1 N–H and O–H groups in total. The lowest BCUT2D eigenvalue weighted by atomic mass is 9.74. The maximum Gasteiger partial charge on any atom is 0.0922 e. The van der Waals surface area contributed by atoms with E-state index in [0.717, 1.165) is 19.3 Å². The number of rotatable bonds is 1. The summed E-state index contributed by atoms with van der Waals surface area (Å²) in [5, 5.41) is 10.2. The molecule has 0 aromatic heterocycles. The smallest absolute Gasteiger partial charge is 0.0922 e. The minimum Gasteiger partial charge on any atom is -0.390 e. The molecule has 0 aromatic carbocycles. The van der Waals surface area contributed by atoms with Crippen molar-refractivity contribution in [3.8, 4) is 0 Å². The highest BCUT2D eigenvalue weighted by molar-refractivity contribution is 5.08. The van der Waals surface area contributed by atoms with E-state index < -0.39 is 5.60 Å². The highest BCUT2D eigenvalue weighted by Crippen LogP contribution is 2.52. The maximum atomic E-state index is 10.2. The average molecular weight is 170 g/mol. The van der Waals surface area contributed by atoms with Crippen LogP contribution < -0.4 is 0 Å². The van der Waals surface area contributed by atoms with E-state index in [4.69, 9.17) is 4.74 Å². The van der Waals surface area contributed by atoms with Gasteiger partial charge in [-0.1, -0.05) is 13.8 Å². The van der Waals surface area contributed by atoms with E-state index in [-0.39, 0.29) is 5.60 Å². The molecule has 1 saturated carbocycles. The molecule has 0 radical (unpaired) electrons. The predicted octanol–water partition coefficient (Wildman–Crippen LogP) is 1.71. The van der Waals surface area contributed by atoms with Crippen LogP contribution in [-0.4, -0.2) is 22.4 Å². The first-order valence-corrected chi connectivity index (χ1v) is 4.86. The van der Waals surface area contributed by atoms with Crippen molar-refractivity contribution in [2.75, 3.05) is 0 Å². The van der Waals surface area contributed by atoms with Crippen LogP contribution in [0.1, 0.15) is 40.0 Å². The van der Waals surface area contributed by atoms with Gasteiger partial charge in [0, 0.05) is 6.42 Å². The number of aliphatic hydroxyl groups is 1. The van der Waals surface area contributed by atoms with E-state index >= 15 is 0 Å². The van der Waals surface area contributed by atoms with Gasteiger partial charge in [-0.25, -0.2) is 0 Å².